The maximum Gasteiger partial charge on any atom is 0.0573 e. The molecular formula is C21H14. The third-order valence-corrected chi connectivity index (χ3v) is 3.14. The molecule has 0 bridgehead atoms. The highest BCUT2D eigenvalue weighted by atomic mass is 14.0. The van der Waals surface area contributed by atoms with Crippen molar-refractivity contribution in [2.75, 3.05) is 0 Å². The highest BCUT2D eigenvalue weighted by Gasteiger charge is 1.96. The molecular weight excluding hydrogens is 252 g/mol. The van der Waals surface area contributed by atoms with E-state index in [-0.39, 0.29) is 5.92 Å². The molecule has 0 spiro atoms. The van der Waals surface area contributed by atoms with Crippen molar-refractivity contribution in [1.82, 2.24) is 0 Å². The van der Waals surface area contributed by atoms with Crippen molar-refractivity contribution in [1.29, 1.82) is 0 Å². The van der Waals surface area contributed by atoms with E-state index in [4.69, 9.17) is 0 Å². The van der Waals surface area contributed by atoms with Gasteiger partial charge in [-0.25, -0.2) is 0 Å². The maximum atomic E-state index is 3.22. The van der Waals surface area contributed by atoms with Crippen LogP contribution >= 0.6 is 0 Å². The van der Waals surface area contributed by atoms with E-state index in [9.17, 15) is 0 Å². The summed E-state index contributed by atoms with van der Waals surface area (Å²) >= 11 is 0. The molecule has 1 aliphatic rings. The van der Waals surface area contributed by atoms with E-state index in [1.807, 2.05) is 66.7 Å². The van der Waals surface area contributed by atoms with Crippen molar-refractivity contribution in [3.63, 3.8) is 0 Å². The van der Waals surface area contributed by atoms with Gasteiger partial charge in [0.25, 0.3) is 0 Å². The second-order valence-corrected chi connectivity index (χ2v) is 4.76. The largest absolute Gasteiger partial charge is 0.0861 e. The van der Waals surface area contributed by atoms with Crippen LogP contribution in [0.5, 0.6) is 0 Å². The van der Waals surface area contributed by atoms with Crippen LogP contribution in [0.1, 0.15) is 16.7 Å². The molecule has 0 saturated carbocycles. The molecule has 1 aliphatic carbocycles. The molecule has 2 aromatic carbocycles. The lowest BCUT2D eigenvalue weighted by atomic mass is 10.1. The van der Waals surface area contributed by atoms with E-state index >= 15 is 0 Å². The minimum Gasteiger partial charge on any atom is -0.0861 e. The Bertz CT molecular complexity index is 770. The van der Waals surface area contributed by atoms with Gasteiger partial charge < -0.3 is 0 Å². The monoisotopic (exact) mass is 266 g/mol. The third-order valence-electron chi connectivity index (χ3n) is 3.14. The third kappa shape index (κ3) is 3.75. The van der Waals surface area contributed by atoms with Gasteiger partial charge in [-0.2, -0.15) is 0 Å². The Kier molecular flexibility index (Phi) is 4.02. The summed E-state index contributed by atoms with van der Waals surface area (Å²) in [7, 11) is 0. The van der Waals surface area contributed by atoms with Crippen molar-refractivity contribution in [2.45, 2.75) is 0 Å². The molecule has 0 N–H and O–H groups in total. The fraction of sp³-hybridized carbons (Fsp3) is 0.0476. The van der Waals surface area contributed by atoms with Crippen LogP contribution in [-0.4, -0.2) is 0 Å². The Hall–Kier alpha value is -2.96. The first-order chi connectivity index (χ1) is 10.4. The van der Waals surface area contributed by atoms with E-state index in [2.05, 4.69) is 35.8 Å². The van der Waals surface area contributed by atoms with E-state index in [1.54, 1.807) is 0 Å². The molecule has 21 heavy (non-hydrogen) atoms. The van der Waals surface area contributed by atoms with Crippen LogP contribution in [0.25, 0.3) is 0 Å². The predicted molar refractivity (Wildman–Crippen MR) is 87.5 cm³/mol. The standard InChI is InChI=1S/C21H14/c1-2-6-18(7-3-1)10-12-20-14-16-21(17-15-20)13-11-19-8-4-5-9-19/h1-9,14-17,19H. The number of rotatable bonds is 0. The summed E-state index contributed by atoms with van der Waals surface area (Å²) < 4.78 is 0. The van der Waals surface area contributed by atoms with Crippen molar-refractivity contribution in [3.05, 3.63) is 95.6 Å². The lowest BCUT2D eigenvalue weighted by Crippen LogP contribution is -1.83. The van der Waals surface area contributed by atoms with E-state index in [0.29, 0.717) is 0 Å². The zero-order chi connectivity index (χ0) is 14.3. The molecule has 0 unspecified atom stereocenters. The maximum absolute atomic E-state index is 3.22. The highest BCUT2D eigenvalue weighted by Crippen LogP contribution is 2.08. The molecule has 0 heterocycles. The topological polar surface area (TPSA) is 0 Å². The molecule has 0 aromatic heterocycles. The fourth-order valence-electron chi connectivity index (χ4n) is 2.00. The summed E-state index contributed by atoms with van der Waals surface area (Å²) in [5, 5.41) is 0. The summed E-state index contributed by atoms with van der Waals surface area (Å²) in [4.78, 5) is 0. The minimum absolute atomic E-state index is 0.252. The summed E-state index contributed by atoms with van der Waals surface area (Å²) in [6.07, 6.45) is 8.24. The Labute approximate surface area is 125 Å². The van der Waals surface area contributed by atoms with Crippen LogP contribution in [-0.2, 0) is 0 Å². The Morgan fingerprint density at radius 3 is 1.71 bits per heavy atom. The predicted octanol–water partition coefficient (Wildman–Crippen LogP) is 4.18. The molecule has 0 fully saturated rings. The summed E-state index contributed by atoms with van der Waals surface area (Å²) in [5.41, 5.74) is 3.06. The summed E-state index contributed by atoms with van der Waals surface area (Å²) in [6, 6.07) is 18.1. The first kappa shape index (κ1) is 13.0. The van der Waals surface area contributed by atoms with Crippen LogP contribution in [0.15, 0.2) is 78.9 Å². The van der Waals surface area contributed by atoms with Gasteiger partial charge in [-0.3, -0.25) is 0 Å². The second-order valence-electron chi connectivity index (χ2n) is 4.76. The zero-order valence-corrected chi connectivity index (χ0v) is 11.6. The van der Waals surface area contributed by atoms with Crippen molar-refractivity contribution < 1.29 is 0 Å². The number of hydrogen-bond donors (Lipinski definition) is 0. The van der Waals surface area contributed by atoms with Gasteiger partial charge in [0.1, 0.15) is 0 Å². The van der Waals surface area contributed by atoms with Crippen molar-refractivity contribution in [3.8, 4) is 23.7 Å². The van der Waals surface area contributed by atoms with Gasteiger partial charge in [0.05, 0.1) is 5.92 Å². The molecule has 0 radical (unpaired) electrons. The number of benzene rings is 2. The lowest BCUT2D eigenvalue weighted by molar-refractivity contribution is 1.15. The van der Waals surface area contributed by atoms with Crippen molar-refractivity contribution >= 4 is 0 Å². The van der Waals surface area contributed by atoms with E-state index < -0.39 is 0 Å². The normalized spacial score (nSPS) is 12.4. The quantitative estimate of drug-likeness (QED) is 0.627. The molecule has 0 aliphatic heterocycles. The molecule has 0 nitrogen and oxygen atoms in total. The SMILES string of the molecule is C(#Cc1ccc(C#CC2C=CC=C2)cc1)c1ccccc1. The molecule has 0 amide bonds. The molecule has 0 heteroatoms. The first-order valence-corrected chi connectivity index (χ1v) is 6.94. The smallest absolute Gasteiger partial charge is 0.0573 e. The lowest BCUT2D eigenvalue weighted by Gasteiger charge is -1.93. The average molecular weight is 266 g/mol. The van der Waals surface area contributed by atoms with Gasteiger partial charge in [0.15, 0.2) is 0 Å². The summed E-state index contributed by atoms with van der Waals surface area (Å²) in [5.74, 6) is 13.0. The van der Waals surface area contributed by atoms with Gasteiger partial charge in [0, 0.05) is 16.7 Å². The van der Waals surface area contributed by atoms with Crippen LogP contribution in [0.4, 0.5) is 0 Å². The summed E-state index contributed by atoms with van der Waals surface area (Å²) in [6.45, 7) is 0. The first-order valence-electron chi connectivity index (χ1n) is 6.94. The fourth-order valence-corrected chi connectivity index (χ4v) is 2.00. The van der Waals surface area contributed by atoms with Crippen LogP contribution in [0.2, 0.25) is 0 Å². The Morgan fingerprint density at radius 1 is 0.571 bits per heavy atom. The van der Waals surface area contributed by atoms with Gasteiger partial charge in [0.2, 0.25) is 0 Å². The Balaban J connectivity index is 1.71. The highest BCUT2D eigenvalue weighted by molar-refractivity contribution is 5.46. The van der Waals surface area contributed by atoms with Gasteiger partial charge in [-0.1, -0.05) is 66.2 Å². The molecule has 3 rings (SSSR count). The van der Waals surface area contributed by atoms with Gasteiger partial charge >= 0.3 is 0 Å². The molecule has 2 aromatic rings. The van der Waals surface area contributed by atoms with Crippen LogP contribution in [0.3, 0.4) is 0 Å². The van der Waals surface area contributed by atoms with E-state index in [1.165, 1.54) is 0 Å². The Morgan fingerprint density at radius 2 is 1.10 bits per heavy atom. The molecule has 0 saturated heterocycles. The van der Waals surface area contributed by atoms with Crippen molar-refractivity contribution in [2.24, 2.45) is 5.92 Å². The molecule has 98 valence electrons. The van der Waals surface area contributed by atoms with Crippen LogP contribution < -0.4 is 0 Å². The average Bonchev–Trinajstić information content (AvgIpc) is 3.06. The minimum atomic E-state index is 0.252. The second kappa shape index (κ2) is 6.47. The van der Waals surface area contributed by atoms with Crippen LogP contribution in [0, 0.1) is 29.6 Å². The molecule has 0 atom stereocenters. The van der Waals surface area contributed by atoms with Gasteiger partial charge in [-0.15, -0.1) is 0 Å². The number of hydrogen-bond acceptors (Lipinski definition) is 0. The zero-order valence-electron chi connectivity index (χ0n) is 11.6. The number of allylic oxidation sites excluding steroid dienone is 4. The van der Waals surface area contributed by atoms with E-state index in [0.717, 1.165) is 16.7 Å². The van der Waals surface area contributed by atoms with Gasteiger partial charge in [-0.05, 0) is 36.4 Å².